The Labute approximate surface area is 73.4 Å². The molecule has 0 bridgehead atoms. The third-order valence-corrected chi connectivity index (χ3v) is 1.36. The number of rotatable bonds is 6. The van der Waals surface area contributed by atoms with Crippen molar-refractivity contribution in [2.24, 2.45) is 0 Å². The standard InChI is InChI=1S/C9H16O3/c1-4-9(10)12-8(3)6-7-11-5-2/h4,8H,1,5-7H2,2-3H3. The molecule has 0 aliphatic carbocycles. The summed E-state index contributed by atoms with van der Waals surface area (Å²) in [5, 5.41) is 0. The highest BCUT2D eigenvalue weighted by molar-refractivity contribution is 5.81. The highest BCUT2D eigenvalue weighted by Gasteiger charge is 2.05. The lowest BCUT2D eigenvalue weighted by molar-refractivity contribution is -0.142. The summed E-state index contributed by atoms with van der Waals surface area (Å²) in [4.78, 5) is 10.7. The van der Waals surface area contributed by atoms with E-state index >= 15 is 0 Å². The van der Waals surface area contributed by atoms with E-state index in [9.17, 15) is 4.79 Å². The van der Waals surface area contributed by atoms with Gasteiger partial charge in [-0.05, 0) is 13.8 Å². The molecule has 0 heterocycles. The van der Waals surface area contributed by atoms with Crippen molar-refractivity contribution in [3.63, 3.8) is 0 Å². The van der Waals surface area contributed by atoms with Crippen LogP contribution in [0.5, 0.6) is 0 Å². The maximum Gasteiger partial charge on any atom is 0.330 e. The Morgan fingerprint density at radius 1 is 1.67 bits per heavy atom. The quantitative estimate of drug-likeness (QED) is 0.346. The van der Waals surface area contributed by atoms with Gasteiger partial charge in [-0.25, -0.2) is 4.79 Å². The summed E-state index contributed by atoms with van der Waals surface area (Å²) in [5.41, 5.74) is 0. The summed E-state index contributed by atoms with van der Waals surface area (Å²) < 4.78 is 10.0. The maximum atomic E-state index is 10.7. The van der Waals surface area contributed by atoms with E-state index in [0.29, 0.717) is 13.2 Å². The molecule has 0 radical (unpaired) electrons. The van der Waals surface area contributed by atoms with E-state index in [2.05, 4.69) is 6.58 Å². The Bertz CT molecular complexity index is 143. The van der Waals surface area contributed by atoms with Gasteiger partial charge in [0.15, 0.2) is 0 Å². The van der Waals surface area contributed by atoms with Crippen LogP contribution in [0.3, 0.4) is 0 Å². The molecule has 0 aromatic rings. The monoisotopic (exact) mass is 172 g/mol. The topological polar surface area (TPSA) is 35.5 Å². The van der Waals surface area contributed by atoms with Crippen LogP contribution in [-0.2, 0) is 14.3 Å². The fourth-order valence-corrected chi connectivity index (χ4v) is 0.699. The van der Waals surface area contributed by atoms with E-state index in [1.165, 1.54) is 0 Å². The Morgan fingerprint density at radius 2 is 2.33 bits per heavy atom. The van der Waals surface area contributed by atoms with Gasteiger partial charge >= 0.3 is 5.97 Å². The van der Waals surface area contributed by atoms with E-state index in [4.69, 9.17) is 9.47 Å². The van der Waals surface area contributed by atoms with E-state index in [0.717, 1.165) is 12.5 Å². The zero-order chi connectivity index (χ0) is 9.40. The zero-order valence-electron chi connectivity index (χ0n) is 7.71. The molecular weight excluding hydrogens is 156 g/mol. The predicted octanol–water partition coefficient (Wildman–Crippen LogP) is 1.53. The normalized spacial score (nSPS) is 12.2. The maximum absolute atomic E-state index is 10.7. The summed E-state index contributed by atoms with van der Waals surface area (Å²) in [6.45, 7) is 8.39. The number of ether oxygens (including phenoxy) is 2. The summed E-state index contributed by atoms with van der Waals surface area (Å²) in [5.74, 6) is -0.376. The van der Waals surface area contributed by atoms with Crippen molar-refractivity contribution in [1.29, 1.82) is 0 Å². The summed E-state index contributed by atoms with van der Waals surface area (Å²) in [6.07, 6.45) is 1.80. The highest BCUT2D eigenvalue weighted by Crippen LogP contribution is 1.98. The zero-order valence-corrected chi connectivity index (χ0v) is 7.71. The van der Waals surface area contributed by atoms with Crippen molar-refractivity contribution in [2.75, 3.05) is 13.2 Å². The van der Waals surface area contributed by atoms with Crippen molar-refractivity contribution >= 4 is 5.97 Å². The third-order valence-electron chi connectivity index (χ3n) is 1.36. The van der Waals surface area contributed by atoms with Gasteiger partial charge in [-0.15, -0.1) is 0 Å². The Hall–Kier alpha value is -0.830. The van der Waals surface area contributed by atoms with Gasteiger partial charge in [0.2, 0.25) is 0 Å². The second-order valence-electron chi connectivity index (χ2n) is 2.44. The van der Waals surface area contributed by atoms with E-state index in [1.807, 2.05) is 13.8 Å². The summed E-state index contributed by atoms with van der Waals surface area (Å²) in [7, 11) is 0. The first-order valence-electron chi connectivity index (χ1n) is 4.11. The molecule has 0 aromatic carbocycles. The van der Waals surface area contributed by atoms with Crippen molar-refractivity contribution in [1.82, 2.24) is 0 Å². The fraction of sp³-hybridized carbons (Fsp3) is 0.667. The van der Waals surface area contributed by atoms with Gasteiger partial charge in [0, 0.05) is 19.1 Å². The minimum atomic E-state index is -0.376. The molecule has 1 unspecified atom stereocenters. The van der Waals surface area contributed by atoms with Crippen LogP contribution in [0, 0.1) is 0 Å². The SMILES string of the molecule is C=CC(=O)OC(C)CCOCC. The largest absolute Gasteiger partial charge is 0.459 e. The summed E-state index contributed by atoms with van der Waals surface area (Å²) >= 11 is 0. The molecule has 3 heteroatoms. The van der Waals surface area contributed by atoms with Gasteiger partial charge in [0.25, 0.3) is 0 Å². The number of hydrogen-bond donors (Lipinski definition) is 0. The van der Waals surface area contributed by atoms with Crippen molar-refractivity contribution in [3.8, 4) is 0 Å². The van der Waals surface area contributed by atoms with Crippen LogP contribution in [-0.4, -0.2) is 25.3 Å². The Morgan fingerprint density at radius 3 is 2.83 bits per heavy atom. The molecule has 0 aliphatic rings. The third kappa shape index (κ3) is 5.92. The van der Waals surface area contributed by atoms with Crippen LogP contribution in [0.25, 0.3) is 0 Å². The molecular formula is C9H16O3. The first kappa shape index (κ1) is 11.2. The molecule has 0 saturated carbocycles. The van der Waals surface area contributed by atoms with Gasteiger partial charge in [-0.2, -0.15) is 0 Å². The number of hydrogen-bond acceptors (Lipinski definition) is 3. The molecule has 0 aromatic heterocycles. The molecule has 70 valence electrons. The number of esters is 1. The van der Waals surface area contributed by atoms with E-state index < -0.39 is 0 Å². The fourth-order valence-electron chi connectivity index (χ4n) is 0.699. The number of carbonyl (C=O) groups is 1. The highest BCUT2D eigenvalue weighted by atomic mass is 16.5. The van der Waals surface area contributed by atoms with Gasteiger partial charge in [-0.1, -0.05) is 6.58 Å². The minimum absolute atomic E-state index is 0.0953. The molecule has 0 rings (SSSR count). The lowest BCUT2D eigenvalue weighted by atomic mass is 10.3. The Balaban J connectivity index is 3.38. The van der Waals surface area contributed by atoms with Crippen LogP contribution in [0.4, 0.5) is 0 Å². The first-order chi connectivity index (χ1) is 5.70. The van der Waals surface area contributed by atoms with E-state index in [1.54, 1.807) is 0 Å². The molecule has 1 atom stereocenters. The average molecular weight is 172 g/mol. The molecule has 0 aliphatic heterocycles. The number of carbonyl (C=O) groups excluding carboxylic acids is 1. The smallest absolute Gasteiger partial charge is 0.330 e. The second kappa shape index (κ2) is 6.85. The molecule has 0 N–H and O–H groups in total. The second-order valence-corrected chi connectivity index (χ2v) is 2.44. The van der Waals surface area contributed by atoms with Gasteiger partial charge < -0.3 is 9.47 Å². The van der Waals surface area contributed by atoms with Crippen LogP contribution in [0.2, 0.25) is 0 Å². The molecule has 0 amide bonds. The molecule has 12 heavy (non-hydrogen) atoms. The van der Waals surface area contributed by atoms with Crippen LogP contribution in [0.1, 0.15) is 20.3 Å². The van der Waals surface area contributed by atoms with Crippen molar-refractivity contribution in [3.05, 3.63) is 12.7 Å². The van der Waals surface area contributed by atoms with Crippen LogP contribution in [0.15, 0.2) is 12.7 Å². The van der Waals surface area contributed by atoms with Crippen LogP contribution >= 0.6 is 0 Å². The van der Waals surface area contributed by atoms with Crippen molar-refractivity contribution < 1.29 is 14.3 Å². The average Bonchev–Trinajstić information content (AvgIpc) is 2.05. The van der Waals surface area contributed by atoms with Gasteiger partial charge in [0.05, 0.1) is 6.61 Å². The van der Waals surface area contributed by atoms with Gasteiger partial charge in [0.1, 0.15) is 6.10 Å². The Kier molecular flexibility index (Phi) is 6.38. The predicted molar refractivity (Wildman–Crippen MR) is 46.9 cm³/mol. The van der Waals surface area contributed by atoms with Crippen LogP contribution < -0.4 is 0 Å². The lowest BCUT2D eigenvalue weighted by Gasteiger charge is -2.10. The van der Waals surface area contributed by atoms with E-state index in [-0.39, 0.29) is 12.1 Å². The molecule has 3 nitrogen and oxygen atoms in total. The van der Waals surface area contributed by atoms with Gasteiger partial charge in [-0.3, -0.25) is 0 Å². The molecule has 0 spiro atoms. The molecule has 0 saturated heterocycles. The molecule has 0 fully saturated rings. The van der Waals surface area contributed by atoms with Crippen molar-refractivity contribution in [2.45, 2.75) is 26.4 Å². The first-order valence-corrected chi connectivity index (χ1v) is 4.11. The summed E-state index contributed by atoms with van der Waals surface area (Å²) in [6, 6.07) is 0. The minimum Gasteiger partial charge on any atom is -0.459 e. The lowest BCUT2D eigenvalue weighted by Crippen LogP contribution is -2.15.